The number of rotatable bonds is 6. The minimum Gasteiger partial charge on any atom is -0.493 e. The van der Waals surface area contributed by atoms with E-state index in [2.05, 4.69) is 0 Å². The van der Waals surface area contributed by atoms with Gasteiger partial charge in [0, 0.05) is 25.1 Å². The zero-order valence-corrected chi connectivity index (χ0v) is 12.7. The Morgan fingerprint density at radius 2 is 2.00 bits per heavy atom. The van der Waals surface area contributed by atoms with E-state index >= 15 is 0 Å². The average molecular weight is 332 g/mol. The second-order valence-electron chi connectivity index (χ2n) is 4.94. The topological polar surface area (TPSA) is 66.8 Å². The Balaban J connectivity index is 1.68. The SMILES string of the molecule is O=C(O)CC1CN(C(=O)CCOc2ccc(Cl)c(Cl)c2)C1. The van der Waals surface area contributed by atoms with Gasteiger partial charge in [0.1, 0.15) is 5.75 Å². The number of hydrogen-bond acceptors (Lipinski definition) is 3. The number of benzene rings is 1. The third-order valence-electron chi connectivity index (χ3n) is 3.25. The molecule has 1 saturated heterocycles. The molecule has 7 heteroatoms. The Morgan fingerprint density at radius 1 is 1.29 bits per heavy atom. The van der Waals surface area contributed by atoms with E-state index in [9.17, 15) is 9.59 Å². The lowest BCUT2D eigenvalue weighted by Crippen LogP contribution is -2.50. The van der Waals surface area contributed by atoms with Gasteiger partial charge >= 0.3 is 5.97 Å². The summed E-state index contributed by atoms with van der Waals surface area (Å²) < 4.78 is 5.44. The zero-order valence-electron chi connectivity index (χ0n) is 11.2. The quantitative estimate of drug-likeness (QED) is 0.870. The smallest absolute Gasteiger partial charge is 0.303 e. The lowest BCUT2D eigenvalue weighted by molar-refractivity contribution is -0.145. The van der Waals surface area contributed by atoms with Crippen LogP contribution >= 0.6 is 23.2 Å². The highest BCUT2D eigenvalue weighted by Gasteiger charge is 2.31. The van der Waals surface area contributed by atoms with Crippen molar-refractivity contribution in [2.45, 2.75) is 12.8 Å². The maximum atomic E-state index is 11.8. The van der Waals surface area contributed by atoms with Crippen molar-refractivity contribution < 1.29 is 19.4 Å². The van der Waals surface area contributed by atoms with E-state index in [1.165, 1.54) is 0 Å². The number of ether oxygens (including phenoxy) is 1. The van der Waals surface area contributed by atoms with Gasteiger partial charge in [0.05, 0.1) is 29.5 Å². The van der Waals surface area contributed by atoms with E-state index in [1.54, 1.807) is 23.1 Å². The van der Waals surface area contributed by atoms with Crippen molar-refractivity contribution in [2.24, 2.45) is 5.92 Å². The van der Waals surface area contributed by atoms with Crippen molar-refractivity contribution in [3.8, 4) is 5.75 Å². The van der Waals surface area contributed by atoms with Crippen LogP contribution in [0.4, 0.5) is 0 Å². The Labute approximate surface area is 132 Å². The summed E-state index contributed by atoms with van der Waals surface area (Å²) in [7, 11) is 0. The van der Waals surface area contributed by atoms with Gasteiger partial charge in [-0.25, -0.2) is 0 Å². The van der Waals surface area contributed by atoms with Crippen LogP contribution in [-0.4, -0.2) is 41.6 Å². The highest BCUT2D eigenvalue weighted by Crippen LogP contribution is 2.26. The first-order chi connectivity index (χ1) is 9.95. The molecule has 0 saturated carbocycles. The predicted molar refractivity (Wildman–Crippen MR) is 78.9 cm³/mol. The van der Waals surface area contributed by atoms with Gasteiger partial charge in [0.15, 0.2) is 0 Å². The summed E-state index contributed by atoms with van der Waals surface area (Å²) in [6, 6.07) is 4.92. The summed E-state index contributed by atoms with van der Waals surface area (Å²) in [4.78, 5) is 24.0. The molecular formula is C14H15Cl2NO4. The highest BCUT2D eigenvalue weighted by molar-refractivity contribution is 6.42. The van der Waals surface area contributed by atoms with Gasteiger partial charge in [-0.2, -0.15) is 0 Å². The van der Waals surface area contributed by atoms with Gasteiger partial charge in [0.25, 0.3) is 0 Å². The molecule has 1 N–H and O–H groups in total. The number of carboxylic acids is 1. The Kier molecular flexibility index (Phi) is 5.31. The third kappa shape index (κ3) is 4.51. The van der Waals surface area contributed by atoms with Gasteiger partial charge in [-0.15, -0.1) is 0 Å². The van der Waals surface area contributed by atoms with Gasteiger partial charge in [-0.05, 0) is 12.1 Å². The fourth-order valence-corrected chi connectivity index (χ4v) is 2.42. The second kappa shape index (κ2) is 7.00. The van der Waals surface area contributed by atoms with E-state index in [4.69, 9.17) is 33.0 Å². The molecule has 0 radical (unpaired) electrons. The number of aliphatic carboxylic acids is 1. The van der Waals surface area contributed by atoms with Gasteiger partial charge in [-0.3, -0.25) is 9.59 Å². The van der Waals surface area contributed by atoms with Crippen LogP contribution in [-0.2, 0) is 9.59 Å². The molecular weight excluding hydrogens is 317 g/mol. The normalized spacial score (nSPS) is 14.7. The van der Waals surface area contributed by atoms with Crippen molar-refractivity contribution >= 4 is 35.1 Å². The monoisotopic (exact) mass is 331 g/mol. The molecule has 114 valence electrons. The van der Waals surface area contributed by atoms with Crippen molar-refractivity contribution in [3.05, 3.63) is 28.2 Å². The standard InChI is InChI=1S/C14H15Cl2NO4/c15-11-2-1-10(6-12(11)16)21-4-3-13(18)17-7-9(8-17)5-14(19)20/h1-2,6,9H,3-5,7-8H2,(H,19,20). The molecule has 1 aromatic carbocycles. The molecule has 0 aliphatic carbocycles. The third-order valence-corrected chi connectivity index (χ3v) is 3.99. The number of likely N-dealkylation sites (tertiary alicyclic amines) is 1. The number of amides is 1. The number of carboxylic acid groups (broad SMARTS) is 1. The first kappa shape index (κ1) is 15.9. The van der Waals surface area contributed by atoms with Crippen LogP contribution in [0.1, 0.15) is 12.8 Å². The number of carbonyl (C=O) groups excluding carboxylic acids is 1. The van der Waals surface area contributed by atoms with Crippen LogP contribution in [0.3, 0.4) is 0 Å². The molecule has 1 amide bonds. The molecule has 0 atom stereocenters. The minimum absolute atomic E-state index is 0.0308. The fourth-order valence-electron chi connectivity index (χ4n) is 2.13. The predicted octanol–water partition coefficient (Wildman–Crippen LogP) is 2.70. The fraction of sp³-hybridized carbons (Fsp3) is 0.429. The van der Waals surface area contributed by atoms with Crippen molar-refractivity contribution in [2.75, 3.05) is 19.7 Å². The molecule has 0 bridgehead atoms. The lowest BCUT2D eigenvalue weighted by Gasteiger charge is -2.38. The molecule has 1 heterocycles. The summed E-state index contributed by atoms with van der Waals surface area (Å²) in [5.74, 6) is -0.223. The van der Waals surface area contributed by atoms with Crippen molar-refractivity contribution in [3.63, 3.8) is 0 Å². The van der Waals surface area contributed by atoms with E-state index in [0.717, 1.165) is 0 Å². The summed E-state index contributed by atoms with van der Waals surface area (Å²) in [5, 5.41) is 9.49. The maximum Gasteiger partial charge on any atom is 0.303 e. The molecule has 5 nitrogen and oxygen atoms in total. The largest absolute Gasteiger partial charge is 0.493 e. The zero-order chi connectivity index (χ0) is 15.4. The Bertz CT molecular complexity index is 544. The van der Waals surface area contributed by atoms with E-state index < -0.39 is 5.97 Å². The highest BCUT2D eigenvalue weighted by atomic mass is 35.5. The molecule has 1 fully saturated rings. The number of carbonyl (C=O) groups is 2. The molecule has 1 aliphatic heterocycles. The number of nitrogens with zero attached hydrogens (tertiary/aromatic N) is 1. The van der Waals surface area contributed by atoms with E-state index in [0.29, 0.717) is 28.9 Å². The second-order valence-corrected chi connectivity index (χ2v) is 5.75. The number of hydrogen-bond donors (Lipinski definition) is 1. The lowest BCUT2D eigenvalue weighted by atomic mass is 9.96. The minimum atomic E-state index is -0.824. The van der Waals surface area contributed by atoms with Crippen LogP contribution in [0.25, 0.3) is 0 Å². The van der Waals surface area contributed by atoms with Gasteiger partial charge in [0.2, 0.25) is 5.91 Å². The summed E-state index contributed by atoms with van der Waals surface area (Å²) >= 11 is 11.7. The molecule has 0 spiro atoms. The van der Waals surface area contributed by atoms with Crippen LogP contribution in [0.15, 0.2) is 18.2 Å². The Morgan fingerprint density at radius 3 is 2.62 bits per heavy atom. The van der Waals surface area contributed by atoms with Crippen LogP contribution < -0.4 is 4.74 Å². The Hall–Kier alpha value is -1.46. The summed E-state index contributed by atoms with van der Waals surface area (Å²) in [6.45, 7) is 1.27. The van der Waals surface area contributed by atoms with Crippen molar-refractivity contribution in [1.29, 1.82) is 0 Å². The molecule has 1 aromatic rings. The van der Waals surface area contributed by atoms with Crippen LogP contribution in [0.2, 0.25) is 10.0 Å². The van der Waals surface area contributed by atoms with Crippen LogP contribution in [0, 0.1) is 5.92 Å². The molecule has 21 heavy (non-hydrogen) atoms. The van der Waals surface area contributed by atoms with E-state index in [-0.39, 0.29) is 31.3 Å². The first-order valence-corrected chi connectivity index (χ1v) is 7.28. The maximum absolute atomic E-state index is 11.8. The average Bonchev–Trinajstić information content (AvgIpc) is 2.37. The van der Waals surface area contributed by atoms with Gasteiger partial charge < -0.3 is 14.7 Å². The first-order valence-electron chi connectivity index (χ1n) is 6.53. The summed E-state index contributed by atoms with van der Waals surface area (Å²) in [5.41, 5.74) is 0. The molecule has 1 aliphatic rings. The van der Waals surface area contributed by atoms with Gasteiger partial charge in [-0.1, -0.05) is 23.2 Å². The number of halogens is 2. The summed E-state index contributed by atoms with van der Waals surface area (Å²) in [6.07, 6.45) is 0.365. The van der Waals surface area contributed by atoms with Crippen molar-refractivity contribution in [1.82, 2.24) is 4.90 Å². The molecule has 0 unspecified atom stereocenters. The van der Waals surface area contributed by atoms with Crippen LogP contribution in [0.5, 0.6) is 5.75 Å². The molecule has 2 rings (SSSR count). The molecule has 0 aromatic heterocycles. The van der Waals surface area contributed by atoms with E-state index in [1.807, 2.05) is 0 Å².